The van der Waals surface area contributed by atoms with Gasteiger partial charge in [0.2, 0.25) is 4.77 Å². The number of aromatic nitrogens is 2. The number of carboxylic acids is 1. The van der Waals surface area contributed by atoms with Crippen molar-refractivity contribution >= 4 is 40.8 Å². The molecule has 6 nitrogen and oxygen atoms in total. The third-order valence-corrected chi connectivity index (χ3v) is 3.27. The predicted octanol–water partition coefficient (Wildman–Crippen LogP) is 1.67. The highest BCUT2D eigenvalue weighted by Crippen LogP contribution is 2.28. The number of carbonyl (C=O) groups is 2. The smallest absolute Gasteiger partial charge is 0.305 e. The van der Waals surface area contributed by atoms with E-state index in [1.165, 1.54) is 4.57 Å². The van der Waals surface area contributed by atoms with Crippen molar-refractivity contribution in [3.05, 3.63) is 29.0 Å². The molecule has 2 heterocycles. The van der Waals surface area contributed by atoms with Crippen LogP contribution in [0.2, 0.25) is 0 Å². The number of benzene rings is 1. The Morgan fingerprint density at radius 2 is 2.21 bits per heavy atom. The van der Waals surface area contributed by atoms with Crippen molar-refractivity contribution in [1.29, 1.82) is 0 Å². The van der Waals surface area contributed by atoms with Gasteiger partial charge in [0.25, 0.3) is 5.91 Å². The number of hydrogen-bond acceptors (Lipinski definition) is 5. The Morgan fingerprint density at radius 3 is 2.95 bits per heavy atom. The molecule has 1 aliphatic rings. The third kappa shape index (κ3) is 1.78. The van der Waals surface area contributed by atoms with Gasteiger partial charge in [0.05, 0.1) is 11.9 Å². The second-order valence-corrected chi connectivity index (χ2v) is 4.59. The van der Waals surface area contributed by atoms with Crippen molar-refractivity contribution in [3.63, 3.8) is 0 Å². The number of nitrogens with one attached hydrogen (secondary N) is 1. The number of fused-ring (bicyclic) bond motifs is 3. The second-order valence-electron chi connectivity index (χ2n) is 4.23. The molecule has 0 amide bonds. The molecule has 0 radical (unpaired) electrons. The van der Waals surface area contributed by atoms with Crippen molar-refractivity contribution in [2.24, 2.45) is 0 Å². The van der Waals surface area contributed by atoms with E-state index in [0.717, 1.165) is 5.39 Å². The fraction of sp³-hybridized carbons (Fsp3) is 0.167. The average molecular weight is 275 g/mol. The van der Waals surface area contributed by atoms with E-state index in [1.54, 1.807) is 6.07 Å². The minimum absolute atomic E-state index is 0.138. The summed E-state index contributed by atoms with van der Waals surface area (Å²) in [6, 6.07) is 6.46. The lowest BCUT2D eigenvalue weighted by Gasteiger charge is -2.05. The van der Waals surface area contributed by atoms with Crippen molar-refractivity contribution in [1.82, 2.24) is 9.55 Å². The molecule has 96 valence electrons. The maximum absolute atomic E-state index is 12.1. The number of rotatable bonds is 2. The highest BCUT2D eigenvalue weighted by atomic mass is 32.1. The Balaban J connectivity index is 2.21. The molecule has 0 fully saturated rings. The quantitative estimate of drug-likeness (QED) is 0.811. The summed E-state index contributed by atoms with van der Waals surface area (Å²) in [6.45, 7) is 0. The van der Waals surface area contributed by atoms with E-state index in [2.05, 4.69) is 10.3 Å². The van der Waals surface area contributed by atoms with E-state index in [0.29, 0.717) is 11.3 Å². The van der Waals surface area contributed by atoms with Crippen LogP contribution in [0.1, 0.15) is 11.2 Å². The molecular weight excluding hydrogens is 266 g/mol. The largest absolute Gasteiger partial charge is 0.481 e. The maximum atomic E-state index is 12.1. The van der Waals surface area contributed by atoms with Gasteiger partial charge in [-0.15, -0.1) is 0 Å². The van der Waals surface area contributed by atoms with Gasteiger partial charge in [0.1, 0.15) is 11.9 Å². The van der Waals surface area contributed by atoms with E-state index in [9.17, 15) is 9.59 Å². The Hall–Kier alpha value is -2.28. The van der Waals surface area contributed by atoms with Crippen LogP contribution >= 0.6 is 12.2 Å². The van der Waals surface area contributed by atoms with Crippen LogP contribution in [0.4, 0.5) is 5.82 Å². The van der Waals surface area contributed by atoms with Crippen molar-refractivity contribution in [2.45, 2.75) is 12.5 Å². The van der Waals surface area contributed by atoms with E-state index in [1.807, 2.05) is 18.2 Å². The molecule has 0 spiro atoms. The molecule has 3 rings (SSSR count). The van der Waals surface area contributed by atoms with Gasteiger partial charge < -0.3 is 10.4 Å². The molecule has 1 atom stereocenters. The van der Waals surface area contributed by atoms with Gasteiger partial charge in [-0.25, -0.2) is 9.55 Å². The SMILES string of the molecule is O=C(O)C[C@@H]1Nc2c3ccccc3nc(=S)n2C1=O. The van der Waals surface area contributed by atoms with Crippen LogP contribution in [0.25, 0.3) is 10.9 Å². The molecule has 2 aromatic rings. The molecule has 1 aromatic carbocycles. The van der Waals surface area contributed by atoms with Gasteiger partial charge >= 0.3 is 5.97 Å². The van der Waals surface area contributed by atoms with E-state index >= 15 is 0 Å². The fourth-order valence-electron chi connectivity index (χ4n) is 2.18. The molecule has 2 N–H and O–H groups in total. The minimum Gasteiger partial charge on any atom is -0.481 e. The maximum Gasteiger partial charge on any atom is 0.305 e. The van der Waals surface area contributed by atoms with Gasteiger partial charge in [0, 0.05) is 5.39 Å². The first-order chi connectivity index (χ1) is 9.08. The Kier molecular flexibility index (Phi) is 2.56. The number of hydrogen-bond donors (Lipinski definition) is 2. The first-order valence-corrected chi connectivity index (χ1v) is 6.03. The number of carbonyl (C=O) groups excluding carboxylic acids is 1. The van der Waals surface area contributed by atoms with Gasteiger partial charge in [-0.1, -0.05) is 12.1 Å². The van der Waals surface area contributed by atoms with Crippen LogP contribution < -0.4 is 5.32 Å². The predicted molar refractivity (Wildman–Crippen MR) is 70.9 cm³/mol. The number of aliphatic carboxylic acids is 1. The Bertz CT molecular complexity index is 768. The van der Waals surface area contributed by atoms with Gasteiger partial charge in [-0.2, -0.15) is 0 Å². The van der Waals surface area contributed by atoms with Crippen LogP contribution in [0.3, 0.4) is 0 Å². The van der Waals surface area contributed by atoms with E-state index < -0.39 is 12.0 Å². The molecule has 0 saturated carbocycles. The van der Waals surface area contributed by atoms with E-state index in [-0.39, 0.29) is 17.1 Å². The lowest BCUT2D eigenvalue weighted by atomic mass is 10.2. The van der Waals surface area contributed by atoms with Crippen LogP contribution in [-0.2, 0) is 4.79 Å². The first-order valence-electron chi connectivity index (χ1n) is 5.62. The summed E-state index contributed by atoms with van der Waals surface area (Å²) in [5.74, 6) is -0.894. The van der Waals surface area contributed by atoms with Crippen molar-refractivity contribution in [3.8, 4) is 0 Å². The summed E-state index contributed by atoms with van der Waals surface area (Å²) < 4.78 is 1.41. The second kappa shape index (κ2) is 4.13. The van der Waals surface area contributed by atoms with E-state index in [4.69, 9.17) is 17.3 Å². The Labute approximate surface area is 112 Å². The number of para-hydroxylation sites is 1. The first kappa shape index (κ1) is 11.8. The fourth-order valence-corrected chi connectivity index (χ4v) is 2.46. The van der Waals surface area contributed by atoms with Crippen molar-refractivity contribution in [2.75, 3.05) is 5.32 Å². The molecule has 0 unspecified atom stereocenters. The highest BCUT2D eigenvalue weighted by Gasteiger charge is 2.33. The van der Waals surface area contributed by atoms with Gasteiger partial charge in [-0.3, -0.25) is 9.59 Å². The molecule has 0 saturated heterocycles. The summed E-state index contributed by atoms with van der Waals surface area (Å²) in [5.41, 5.74) is 0.676. The van der Waals surface area contributed by atoms with Crippen LogP contribution in [0, 0.1) is 4.77 Å². The topological polar surface area (TPSA) is 84.2 Å². The summed E-state index contributed by atoms with van der Waals surface area (Å²) in [7, 11) is 0. The summed E-state index contributed by atoms with van der Waals surface area (Å²) >= 11 is 5.09. The zero-order valence-corrected chi connectivity index (χ0v) is 10.5. The average Bonchev–Trinajstić information content (AvgIpc) is 2.67. The van der Waals surface area contributed by atoms with Gasteiger partial charge in [-0.05, 0) is 24.4 Å². The molecule has 19 heavy (non-hydrogen) atoms. The molecular formula is C12H9N3O3S. The van der Waals surface area contributed by atoms with Crippen molar-refractivity contribution < 1.29 is 14.7 Å². The summed E-state index contributed by atoms with van der Waals surface area (Å²) in [4.78, 5) is 27.1. The Morgan fingerprint density at radius 1 is 1.47 bits per heavy atom. The number of anilines is 1. The van der Waals surface area contributed by atoms with Crippen LogP contribution in [0.15, 0.2) is 24.3 Å². The molecule has 1 aliphatic heterocycles. The molecule has 7 heteroatoms. The highest BCUT2D eigenvalue weighted by molar-refractivity contribution is 7.71. The molecule has 0 bridgehead atoms. The summed E-state index contributed by atoms with van der Waals surface area (Å²) in [5, 5.41) is 12.5. The minimum atomic E-state index is -1.04. The third-order valence-electron chi connectivity index (χ3n) is 3.00. The molecule has 1 aromatic heterocycles. The standard InChI is InChI=1S/C12H9N3O3S/c16-9(17)5-8-11(18)15-10(13-8)6-3-1-2-4-7(6)14-12(15)19/h1-4,8,13H,5H2,(H,16,17)/t8-/m0/s1. The summed E-state index contributed by atoms with van der Waals surface area (Å²) in [6.07, 6.45) is -0.288. The zero-order chi connectivity index (χ0) is 13.6. The van der Waals surface area contributed by atoms with Crippen LogP contribution in [0.5, 0.6) is 0 Å². The number of carboxylic acid groups (broad SMARTS) is 1. The zero-order valence-electron chi connectivity index (χ0n) is 9.66. The normalized spacial score (nSPS) is 17.3. The van der Waals surface area contributed by atoms with Gasteiger partial charge in [0.15, 0.2) is 0 Å². The monoisotopic (exact) mass is 275 g/mol. The van der Waals surface area contributed by atoms with Crippen LogP contribution in [-0.4, -0.2) is 32.6 Å². The molecule has 0 aliphatic carbocycles. The number of nitrogens with zero attached hydrogens (tertiary/aromatic N) is 2. The lowest BCUT2D eigenvalue weighted by molar-refractivity contribution is -0.137. The lowest BCUT2D eigenvalue weighted by Crippen LogP contribution is -2.27.